The van der Waals surface area contributed by atoms with Gasteiger partial charge in [0.1, 0.15) is 0 Å². The lowest BCUT2D eigenvalue weighted by Crippen LogP contribution is -2.21. The number of carboxylic acids is 1. The molecule has 2 atom stereocenters. The summed E-state index contributed by atoms with van der Waals surface area (Å²) in [4.78, 5) is 14.1. The maximum Gasteiger partial charge on any atom is 0.306 e. The zero-order valence-electron chi connectivity index (χ0n) is 6.07. The number of carboxylic acid groups (broad SMARTS) is 1. The summed E-state index contributed by atoms with van der Waals surface area (Å²) in [6.07, 6.45) is 0. The van der Waals surface area contributed by atoms with Crippen molar-refractivity contribution in [2.45, 2.75) is 13.8 Å². The lowest BCUT2D eigenvalue weighted by molar-refractivity contribution is -0.252. The predicted molar refractivity (Wildman–Crippen MR) is 34.5 cm³/mol. The first kappa shape index (κ1) is 9.39. The molecule has 10 heavy (non-hydrogen) atoms. The summed E-state index contributed by atoms with van der Waals surface area (Å²) in [6.45, 7) is 3.34. The van der Waals surface area contributed by atoms with Crippen LogP contribution in [0.5, 0.6) is 0 Å². The minimum atomic E-state index is -0.871. The second-order valence-corrected chi connectivity index (χ2v) is 2.40. The van der Waals surface area contributed by atoms with Crippen molar-refractivity contribution >= 4 is 5.97 Å². The van der Waals surface area contributed by atoms with E-state index in [2.05, 4.69) is 4.89 Å². The number of rotatable bonds is 4. The molecule has 0 saturated heterocycles. The van der Waals surface area contributed by atoms with Gasteiger partial charge in [0.15, 0.2) is 0 Å². The minimum Gasteiger partial charge on any atom is -0.481 e. The molecule has 0 unspecified atom stereocenters. The third kappa shape index (κ3) is 2.80. The van der Waals surface area contributed by atoms with Gasteiger partial charge in [0.2, 0.25) is 0 Å². The minimum absolute atomic E-state index is 0.0630. The van der Waals surface area contributed by atoms with Crippen LogP contribution < -0.4 is 0 Å². The van der Waals surface area contributed by atoms with Crippen molar-refractivity contribution in [1.82, 2.24) is 0 Å². The Labute approximate surface area is 59.4 Å². The molecule has 4 nitrogen and oxygen atoms in total. The highest BCUT2D eigenvalue weighted by Gasteiger charge is 2.18. The van der Waals surface area contributed by atoms with E-state index in [0.29, 0.717) is 0 Å². The number of aliphatic carboxylic acids is 1. The van der Waals surface area contributed by atoms with E-state index in [9.17, 15) is 4.79 Å². The van der Waals surface area contributed by atoms with Gasteiger partial charge in [-0.1, -0.05) is 13.8 Å². The largest absolute Gasteiger partial charge is 0.481 e. The number of hydrogen-bond acceptors (Lipinski definition) is 3. The first-order chi connectivity index (χ1) is 4.59. The van der Waals surface area contributed by atoms with Gasteiger partial charge in [0.25, 0.3) is 0 Å². The summed E-state index contributed by atoms with van der Waals surface area (Å²) in [7, 11) is 0. The van der Waals surface area contributed by atoms with Gasteiger partial charge in [0.05, 0.1) is 12.5 Å². The van der Waals surface area contributed by atoms with Crippen LogP contribution in [0, 0.1) is 11.8 Å². The van der Waals surface area contributed by atoms with E-state index in [1.165, 1.54) is 0 Å². The van der Waals surface area contributed by atoms with Crippen LogP contribution in [-0.2, 0) is 9.68 Å². The van der Waals surface area contributed by atoms with E-state index >= 15 is 0 Å². The molecule has 4 heteroatoms. The van der Waals surface area contributed by atoms with Crippen LogP contribution in [-0.4, -0.2) is 22.9 Å². The SMILES string of the molecule is C[C@@H](COO)[C@@H](C)C(=O)O. The molecule has 0 aromatic carbocycles. The Morgan fingerprint density at radius 3 is 2.40 bits per heavy atom. The van der Waals surface area contributed by atoms with E-state index in [1.807, 2.05) is 0 Å². The van der Waals surface area contributed by atoms with Crippen molar-refractivity contribution in [2.75, 3.05) is 6.61 Å². The Hall–Kier alpha value is -0.610. The first-order valence-corrected chi connectivity index (χ1v) is 3.08. The highest BCUT2D eigenvalue weighted by atomic mass is 17.1. The van der Waals surface area contributed by atoms with Crippen molar-refractivity contribution in [3.8, 4) is 0 Å². The van der Waals surface area contributed by atoms with Crippen LogP contribution in [0.4, 0.5) is 0 Å². The quantitative estimate of drug-likeness (QED) is 0.457. The highest BCUT2D eigenvalue weighted by Crippen LogP contribution is 2.10. The van der Waals surface area contributed by atoms with Crippen molar-refractivity contribution in [3.63, 3.8) is 0 Å². The van der Waals surface area contributed by atoms with Crippen LogP contribution in [0.1, 0.15) is 13.8 Å². The summed E-state index contributed by atoms with van der Waals surface area (Å²) in [5, 5.41) is 16.4. The van der Waals surface area contributed by atoms with Crippen LogP contribution in [0.15, 0.2) is 0 Å². The zero-order chi connectivity index (χ0) is 8.15. The molecule has 60 valence electrons. The third-order valence-electron chi connectivity index (χ3n) is 1.58. The van der Waals surface area contributed by atoms with Crippen molar-refractivity contribution in [3.05, 3.63) is 0 Å². The smallest absolute Gasteiger partial charge is 0.306 e. The van der Waals surface area contributed by atoms with Crippen LogP contribution in [0.25, 0.3) is 0 Å². The molecule has 0 aromatic heterocycles. The molecule has 0 aliphatic heterocycles. The Kier molecular flexibility index (Phi) is 3.99. The van der Waals surface area contributed by atoms with Crippen LogP contribution in [0.3, 0.4) is 0 Å². The summed E-state index contributed by atoms with van der Waals surface area (Å²) >= 11 is 0. The Bertz CT molecular complexity index is 112. The molecule has 0 amide bonds. The topological polar surface area (TPSA) is 66.8 Å². The molecule has 0 spiro atoms. The van der Waals surface area contributed by atoms with E-state index < -0.39 is 11.9 Å². The highest BCUT2D eigenvalue weighted by molar-refractivity contribution is 5.69. The Morgan fingerprint density at radius 1 is 1.60 bits per heavy atom. The molecule has 0 aromatic rings. The maximum absolute atomic E-state index is 10.3. The molecule has 0 bridgehead atoms. The molecule has 2 N–H and O–H groups in total. The Balaban J connectivity index is 3.69. The fraction of sp³-hybridized carbons (Fsp3) is 0.833. The first-order valence-electron chi connectivity index (χ1n) is 3.08. The second-order valence-electron chi connectivity index (χ2n) is 2.40. The summed E-state index contributed by atoms with van der Waals surface area (Å²) < 4.78 is 0. The van der Waals surface area contributed by atoms with E-state index in [0.717, 1.165) is 0 Å². The van der Waals surface area contributed by atoms with Gasteiger partial charge < -0.3 is 5.11 Å². The van der Waals surface area contributed by atoms with Crippen molar-refractivity contribution < 1.29 is 20.0 Å². The second kappa shape index (κ2) is 4.24. The molecule has 0 aliphatic carbocycles. The monoisotopic (exact) mass is 148 g/mol. The molecule has 0 rings (SSSR count). The molecule has 0 heterocycles. The molecule has 0 aliphatic rings. The molecule has 0 fully saturated rings. The van der Waals surface area contributed by atoms with Gasteiger partial charge in [0, 0.05) is 0 Å². The van der Waals surface area contributed by atoms with Crippen molar-refractivity contribution in [1.29, 1.82) is 0 Å². The van der Waals surface area contributed by atoms with E-state index in [4.69, 9.17) is 10.4 Å². The maximum atomic E-state index is 10.3. The fourth-order valence-electron chi connectivity index (χ4n) is 0.505. The van der Waals surface area contributed by atoms with Crippen LogP contribution >= 0.6 is 0 Å². The third-order valence-corrected chi connectivity index (χ3v) is 1.58. The lowest BCUT2D eigenvalue weighted by atomic mass is 9.97. The average molecular weight is 148 g/mol. The van der Waals surface area contributed by atoms with Gasteiger partial charge in [-0.3, -0.25) is 10.1 Å². The van der Waals surface area contributed by atoms with Gasteiger partial charge in [-0.15, -0.1) is 0 Å². The van der Waals surface area contributed by atoms with Gasteiger partial charge in [-0.25, -0.2) is 4.89 Å². The van der Waals surface area contributed by atoms with Crippen molar-refractivity contribution in [2.24, 2.45) is 11.8 Å². The predicted octanol–water partition coefficient (Wildman–Crippen LogP) is 0.833. The van der Waals surface area contributed by atoms with E-state index in [-0.39, 0.29) is 12.5 Å². The number of carbonyl (C=O) groups is 1. The zero-order valence-corrected chi connectivity index (χ0v) is 6.07. The van der Waals surface area contributed by atoms with Crippen LogP contribution in [0.2, 0.25) is 0 Å². The molecular formula is C6H12O4. The standard InChI is InChI=1S/C6H12O4/c1-4(3-10-9)5(2)6(7)8/h4-5,9H,3H2,1-2H3,(H,7,8)/t4-,5+/m0/s1. The lowest BCUT2D eigenvalue weighted by Gasteiger charge is -2.12. The van der Waals surface area contributed by atoms with Gasteiger partial charge in [-0.05, 0) is 5.92 Å². The molecule has 0 saturated carbocycles. The fourth-order valence-corrected chi connectivity index (χ4v) is 0.505. The Morgan fingerprint density at radius 2 is 2.10 bits per heavy atom. The summed E-state index contributed by atoms with van der Waals surface area (Å²) in [6, 6.07) is 0. The molecule has 0 radical (unpaired) electrons. The van der Waals surface area contributed by atoms with Gasteiger partial charge >= 0.3 is 5.97 Å². The summed E-state index contributed by atoms with van der Waals surface area (Å²) in [5.41, 5.74) is 0. The average Bonchev–Trinajstić information content (AvgIpc) is 1.87. The summed E-state index contributed by atoms with van der Waals surface area (Å²) in [5.74, 6) is -1.51. The normalized spacial score (nSPS) is 16.3. The molecular weight excluding hydrogens is 136 g/mol. The van der Waals surface area contributed by atoms with Gasteiger partial charge in [-0.2, -0.15) is 0 Å². The number of hydrogen-bond donors (Lipinski definition) is 2. The van der Waals surface area contributed by atoms with E-state index in [1.54, 1.807) is 13.8 Å².